The number of likely N-dealkylation sites (tertiary alicyclic amines) is 1. The molecule has 2 aromatic rings. The number of rotatable bonds is 2. The Morgan fingerprint density at radius 3 is 2.86 bits per heavy atom. The van der Waals surface area contributed by atoms with Gasteiger partial charge in [-0.1, -0.05) is 36.4 Å². The lowest BCUT2D eigenvalue weighted by Gasteiger charge is -2.57. The van der Waals surface area contributed by atoms with Crippen molar-refractivity contribution in [1.29, 1.82) is 0 Å². The lowest BCUT2D eigenvalue weighted by atomic mass is 9.53. The number of carbonyl (C=O) groups is 1. The van der Waals surface area contributed by atoms with E-state index in [1.165, 1.54) is 11.1 Å². The van der Waals surface area contributed by atoms with Gasteiger partial charge in [0.15, 0.2) is 11.5 Å². The fourth-order valence-corrected chi connectivity index (χ4v) is 6.21. The van der Waals surface area contributed by atoms with Gasteiger partial charge in [-0.2, -0.15) is 0 Å². The quantitative estimate of drug-likeness (QED) is 0.777. The van der Waals surface area contributed by atoms with Crippen LogP contribution in [0.2, 0.25) is 0 Å². The maximum atomic E-state index is 12.9. The lowest BCUT2D eigenvalue weighted by molar-refractivity contribution is -0.00855. The molecule has 1 saturated heterocycles. The van der Waals surface area contributed by atoms with E-state index in [0.29, 0.717) is 23.3 Å². The van der Waals surface area contributed by atoms with Crippen molar-refractivity contribution in [1.82, 2.24) is 10.2 Å². The molecule has 2 aliphatic carbocycles. The summed E-state index contributed by atoms with van der Waals surface area (Å²) >= 11 is 0. The molecule has 2 N–H and O–H groups in total. The van der Waals surface area contributed by atoms with E-state index in [2.05, 4.69) is 35.5 Å². The molecule has 1 spiro atoms. The highest BCUT2D eigenvalue weighted by Crippen LogP contribution is 2.62. The zero-order valence-corrected chi connectivity index (χ0v) is 16.3. The summed E-state index contributed by atoms with van der Waals surface area (Å²) in [5, 5.41) is 13.8. The second-order valence-electron chi connectivity index (χ2n) is 8.80. The van der Waals surface area contributed by atoms with E-state index in [-0.39, 0.29) is 29.2 Å². The molecule has 1 fully saturated rings. The first kappa shape index (κ1) is 17.1. The SMILES string of the molecule is CN1CC[C@]23c4c5ccc(O)c4O[C@H]2[C@H](NC(=O)c2ccccc2)C=CC3[C@H]1C5. The van der Waals surface area contributed by atoms with Crippen LogP contribution < -0.4 is 10.1 Å². The smallest absolute Gasteiger partial charge is 0.251 e. The van der Waals surface area contributed by atoms with Gasteiger partial charge in [0.05, 0.1) is 6.04 Å². The number of phenolic OH excluding ortho intramolecular Hbond substituents is 1. The molecule has 2 aliphatic heterocycles. The molecule has 5 nitrogen and oxygen atoms in total. The zero-order chi connectivity index (χ0) is 19.8. The minimum atomic E-state index is -0.235. The Kier molecular flexibility index (Phi) is 3.46. The number of phenols is 1. The first-order valence-electron chi connectivity index (χ1n) is 10.4. The molecule has 2 bridgehead atoms. The Balaban J connectivity index is 1.45. The van der Waals surface area contributed by atoms with E-state index in [1.54, 1.807) is 6.07 Å². The topological polar surface area (TPSA) is 61.8 Å². The molecule has 0 radical (unpaired) electrons. The van der Waals surface area contributed by atoms with Crippen molar-refractivity contribution in [3.8, 4) is 11.5 Å². The molecule has 2 aromatic carbocycles. The number of aromatic hydroxyl groups is 1. The Hall–Kier alpha value is -2.79. The fourth-order valence-electron chi connectivity index (χ4n) is 6.21. The number of benzene rings is 2. The van der Waals surface area contributed by atoms with Crippen LogP contribution in [0, 0.1) is 5.92 Å². The molecule has 5 heteroatoms. The maximum absolute atomic E-state index is 12.9. The molecule has 4 aliphatic rings. The fraction of sp³-hybridized carbons (Fsp3) is 0.375. The third kappa shape index (κ3) is 2.16. The van der Waals surface area contributed by atoms with Gasteiger partial charge in [0.25, 0.3) is 5.91 Å². The van der Waals surface area contributed by atoms with Gasteiger partial charge in [-0.25, -0.2) is 0 Å². The molecule has 29 heavy (non-hydrogen) atoms. The third-order valence-electron chi connectivity index (χ3n) is 7.51. The molecular formula is C24H24N2O3. The lowest BCUT2D eigenvalue weighted by Crippen LogP contribution is -2.66. The van der Waals surface area contributed by atoms with Crippen molar-refractivity contribution in [2.75, 3.05) is 13.6 Å². The predicted molar refractivity (Wildman–Crippen MR) is 109 cm³/mol. The van der Waals surface area contributed by atoms with Gasteiger partial charge in [0.2, 0.25) is 0 Å². The molecule has 2 heterocycles. The van der Waals surface area contributed by atoms with Crippen LogP contribution in [-0.2, 0) is 11.8 Å². The number of nitrogens with one attached hydrogen (secondary N) is 1. The minimum absolute atomic E-state index is 0.0978. The Morgan fingerprint density at radius 1 is 1.21 bits per heavy atom. The summed E-state index contributed by atoms with van der Waals surface area (Å²) in [6, 6.07) is 13.3. The highest BCUT2D eigenvalue weighted by molar-refractivity contribution is 5.94. The highest BCUT2D eigenvalue weighted by atomic mass is 16.5. The van der Waals surface area contributed by atoms with Crippen molar-refractivity contribution in [3.63, 3.8) is 0 Å². The van der Waals surface area contributed by atoms with Crippen LogP contribution in [0.25, 0.3) is 0 Å². The Bertz CT molecular complexity index is 1030. The van der Waals surface area contributed by atoms with Crippen LogP contribution in [0.4, 0.5) is 0 Å². The van der Waals surface area contributed by atoms with E-state index in [1.807, 2.05) is 30.3 Å². The van der Waals surface area contributed by atoms with E-state index < -0.39 is 0 Å². The van der Waals surface area contributed by atoms with Gasteiger partial charge in [0, 0.05) is 28.5 Å². The number of hydrogen-bond acceptors (Lipinski definition) is 4. The number of ether oxygens (including phenoxy) is 1. The van der Waals surface area contributed by atoms with Gasteiger partial charge in [0.1, 0.15) is 6.10 Å². The molecule has 1 amide bonds. The molecule has 148 valence electrons. The largest absolute Gasteiger partial charge is 0.504 e. The van der Waals surface area contributed by atoms with Crippen LogP contribution in [0.15, 0.2) is 54.6 Å². The Labute approximate surface area is 170 Å². The average Bonchev–Trinajstić information content (AvgIpc) is 3.10. The van der Waals surface area contributed by atoms with E-state index in [9.17, 15) is 9.90 Å². The average molecular weight is 388 g/mol. The predicted octanol–water partition coefficient (Wildman–Crippen LogP) is 2.64. The summed E-state index contributed by atoms with van der Waals surface area (Å²) in [4.78, 5) is 15.3. The summed E-state index contributed by atoms with van der Waals surface area (Å²) in [5.41, 5.74) is 2.91. The standard InChI is InChI=1S/C24H24N2O3/c1-26-12-11-24-16-8-9-17(25-23(28)14-5-3-2-4-6-14)22(24)29-21-19(27)10-7-15(20(21)24)13-18(16)26/h2-10,16-18,22,27H,11-13H2,1H3,(H,25,28)/t16?,17-,18-,22+,24+/m1/s1. The normalized spacial score (nSPS) is 33.7. The van der Waals surface area contributed by atoms with Crippen molar-refractivity contribution < 1.29 is 14.6 Å². The van der Waals surface area contributed by atoms with Crippen LogP contribution in [0.5, 0.6) is 11.5 Å². The molecule has 1 unspecified atom stereocenters. The van der Waals surface area contributed by atoms with Gasteiger partial charge in [-0.3, -0.25) is 4.79 Å². The van der Waals surface area contributed by atoms with Gasteiger partial charge in [-0.05, 0) is 50.2 Å². The molecular weight excluding hydrogens is 364 g/mol. The van der Waals surface area contributed by atoms with E-state index >= 15 is 0 Å². The molecule has 0 aromatic heterocycles. The maximum Gasteiger partial charge on any atom is 0.251 e. The van der Waals surface area contributed by atoms with Gasteiger partial charge >= 0.3 is 0 Å². The summed E-state index contributed by atoms with van der Waals surface area (Å²) < 4.78 is 6.46. The minimum Gasteiger partial charge on any atom is -0.504 e. The number of amides is 1. The first-order chi connectivity index (χ1) is 14.1. The van der Waals surface area contributed by atoms with Crippen molar-refractivity contribution >= 4 is 5.91 Å². The number of likely N-dealkylation sites (N-methyl/N-ethyl adjacent to an activating group) is 1. The monoisotopic (exact) mass is 388 g/mol. The molecule has 5 atom stereocenters. The number of piperidine rings is 1. The van der Waals surface area contributed by atoms with E-state index in [0.717, 1.165) is 19.4 Å². The number of hydrogen-bond donors (Lipinski definition) is 2. The van der Waals surface area contributed by atoms with Crippen molar-refractivity contribution in [3.05, 3.63) is 71.3 Å². The molecule has 6 rings (SSSR count). The van der Waals surface area contributed by atoms with Crippen molar-refractivity contribution in [2.24, 2.45) is 5.92 Å². The third-order valence-corrected chi connectivity index (χ3v) is 7.51. The summed E-state index contributed by atoms with van der Waals surface area (Å²) in [6.45, 7) is 0.989. The zero-order valence-electron chi connectivity index (χ0n) is 16.3. The number of carbonyl (C=O) groups excluding carboxylic acids is 1. The van der Waals surface area contributed by atoms with Crippen LogP contribution in [0.1, 0.15) is 27.9 Å². The first-order valence-corrected chi connectivity index (χ1v) is 10.4. The summed E-state index contributed by atoms with van der Waals surface area (Å²) in [7, 11) is 2.20. The van der Waals surface area contributed by atoms with Crippen LogP contribution in [0.3, 0.4) is 0 Å². The van der Waals surface area contributed by atoms with Crippen LogP contribution >= 0.6 is 0 Å². The van der Waals surface area contributed by atoms with Crippen LogP contribution in [-0.4, -0.2) is 47.7 Å². The highest BCUT2D eigenvalue weighted by Gasteiger charge is 2.64. The van der Waals surface area contributed by atoms with Gasteiger partial charge in [-0.15, -0.1) is 0 Å². The summed E-state index contributed by atoms with van der Waals surface area (Å²) in [5.74, 6) is 1.06. The van der Waals surface area contributed by atoms with Gasteiger partial charge < -0.3 is 20.1 Å². The Morgan fingerprint density at radius 2 is 2.03 bits per heavy atom. The second kappa shape index (κ2) is 5.86. The summed E-state index contributed by atoms with van der Waals surface area (Å²) in [6.07, 6.45) is 6.12. The second-order valence-corrected chi connectivity index (χ2v) is 8.80. The van der Waals surface area contributed by atoms with Crippen molar-refractivity contribution in [2.45, 2.75) is 36.4 Å². The van der Waals surface area contributed by atoms with E-state index in [4.69, 9.17) is 4.74 Å². The number of nitrogens with zero attached hydrogens (tertiary/aromatic N) is 1. The molecule has 0 saturated carbocycles.